The maximum Gasteiger partial charge on any atom is 0.307 e. The number of guanidine groups is 1. The van der Waals surface area contributed by atoms with Crippen LogP contribution in [0.4, 0.5) is 0 Å². The Kier molecular flexibility index (Phi) is 10.4. The number of aliphatic hydroxyl groups excluding tert-OH is 1. The van der Waals surface area contributed by atoms with Gasteiger partial charge in [0.2, 0.25) is 5.96 Å². The predicted molar refractivity (Wildman–Crippen MR) is 193 cm³/mol. The first-order valence-electron chi connectivity index (χ1n) is 18.9. The van der Waals surface area contributed by atoms with Crippen molar-refractivity contribution in [1.82, 2.24) is 10.4 Å². The number of nitrogens with two attached hydrogens (primary N) is 3. The molecular weight excluding hydrogens is 620 g/mol. The monoisotopic (exact) mass is 689 g/mol. The highest BCUT2D eigenvalue weighted by atomic mass is 16.5. The number of rotatable bonds is 10. The summed E-state index contributed by atoms with van der Waals surface area (Å²) in [7, 11) is 1.99. The van der Waals surface area contributed by atoms with Gasteiger partial charge in [-0.15, -0.1) is 5.10 Å². The Morgan fingerprint density at radius 2 is 1.73 bits per heavy atom. The van der Waals surface area contributed by atoms with Crippen LogP contribution in [-0.4, -0.2) is 78.4 Å². The molecule has 0 spiro atoms. The van der Waals surface area contributed by atoms with Crippen LogP contribution in [0, 0.1) is 56.7 Å². The van der Waals surface area contributed by atoms with Crippen molar-refractivity contribution in [1.29, 1.82) is 0 Å². The minimum Gasteiger partial charge on any atom is -0.481 e. The number of aliphatic hydroxyl groups is 1. The van der Waals surface area contributed by atoms with Gasteiger partial charge in [0, 0.05) is 24.2 Å². The molecule has 3 saturated carbocycles. The van der Waals surface area contributed by atoms with Crippen molar-refractivity contribution in [3.8, 4) is 0 Å². The lowest BCUT2D eigenvalue weighted by atomic mass is 9.34. The van der Waals surface area contributed by atoms with E-state index in [2.05, 4.69) is 71.9 Å². The second-order valence-corrected chi connectivity index (χ2v) is 18.4. The number of hydrazone groups is 1. The Balaban J connectivity index is 1.58. The molecule has 5 aliphatic rings. The lowest BCUT2D eigenvalue weighted by Gasteiger charge is -2.70. The molecule has 280 valence electrons. The maximum atomic E-state index is 13.4. The third-order valence-electron chi connectivity index (χ3n) is 15.9. The zero-order chi connectivity index (χ0) is 36.4. The smallest absolute Gasteiger partial charge is 0.307 e. The zero-order valence-electron chi connectivity index (χ0n) is 31.8. The van der Waals surface area contributed by atoms with Crippen LogP contribution in [0.3, 0.4) is 0 Å². The van der Waals surface area contributed by atoms with E-state index in [9.17, 15) is 15.0 Å². The fraction of sp³-hybridized carbons (Fsp3) is 0.895. The molecule has 0 bridgehead atoms. The zero-order valence-corrected chi connectivity index (χ0v) is 31.8. The number of ether oxygens (including phenoxy) is 2. The molecule has 10 atom stereocenters. The molecule has 0 amide bonds. The molecule has 0 aromatic heterocycles. The molecule has 1 aliphatic heterocycles. The van der Waals surface area contributed by atoms with Crippen molar-refractivity contribution in [3.05, 3.63) is 11.6 Å². The number of nitrogens with zero attached hydrogens (tertiary/aromatic N) is 2. The van der Waals surface area contributed by atoms with Crippen LogP contribution >= 0.6 is 0 Å². The number of hydrogen-bond donors (Lipinski definition) is 6. The van der Waals surface area contributed by atoms with E-state index < -0.39 is 34.2 Å². The van der Waals surface area contributed by atoms with E-state index in [1.54, 1.807) is 0 Å². The Hall–Kier alpha value is -1.92. The fourth-order valence-corrected chi connectivity index (χ4v) is 12.4. The number of carboxylic acid groups (broad SMARTS) is 1. The van der Waals surface area contributed by atoms with Gasteiger partial charge in [-0.1, -0.05) is 67.0 Å². The van der Waals surface area contributed by atoms with Crippen LogP contribution in [0.25, 0.3) is 0 Å². The van der Waals surface area contributed by atoms with Gasteiger partial charge in [-0.3, -0.25) is 4.79 Å². The standard InChI is InChI=1S/C38H68N6O5/c1-23(2)24(3)34(6)14-15-35(7)25-10-11-28-33(4,5)30(49-22-37(42-9)16-18-48-19-17-37)27(44(41)43-32(39)40)20-38(28,21-45)26(25)12-13-36(35,8)29(34)31(46)47/h12,23-25,27-30,42,45H,10-11,13-22,41H2,1-9H3,(H,46,47)(H4,39,40,43)/t24-,25+,27-,28+,29-,30+,34-,35-,36+,38+/m1/s1. The van der Waals surface area contributed by atoms with E-state index >= 15 is 0 Å². The SMILES string of the molecule is CNC1(CO[C@H]2[C@H](N(N)N=C(N)N)C[C@]3(CO)C4=CC[C@@]5(C)[C@H](C(=O)O)[C@@](C)([C@H](C)C(C)C)CC[C@]5(C)[C@H]4CC[C@H]3C2(C)C)CCOCC1. The van der Waals surface area contributed by atoms with E-state index in [1.807, 2.05) is 7.05 Å². The highest BCUT2D eigenvalue weighted by molar-refractivity contribution is 5.75. The number of fused-ring (bicyclic) bond motifs is 5. The second kappa shape index (κ2) is 13.2. The Bertz CT molecular complexity index is 1290. The van der Waals surface area contributed by atoms with Crippen LogP contribution in [0.2, 0.25) is 0 Å². The van der Waals surface area contributed by atoms with Crippen molar-refractivity contribution >= 4 is 11.9 Å². The number of likely N-dealkylation sites (N-methyl/N-ethyl adjacent to an activating group) is 1. The molecule has 11 heteroatoms. The lowest BCUT2D eigenvalue weighted by molar-refractivity contribution is -0.213. The minimum absolute atomic E-state index is 0.0304. The Labute approximate surface area is 295 Å². The third-order valence-corrected chi connectivity index (χ3v) is 15.9. The summed E-state index contributed by atoms with van der Waals surface area (Å²) in [6.45, 7) is 19.9. The van der Waals surface area contributed by atoms with E-state index in [0.29, 0.717) is 38.6 Å². The van der Waals surface area contributed by atoms with Crippen LogP contribution < -0.4 is 22.6 Å². The summed E-state index contributed by atoms with van der Waals surface area (Å²) < 4.78 is 12.7. The van der Waals surface area contributed by atoms with Gasteiger partial charge in [0.25, 0.3) is 0 Å². The topological polar surface area (TPSA) is 182 Å². The second-order valence-electron chi connectivity index (χ2n) is 18.4. The maximum absolute atomic E-state index is 13.4. The number of nitrogens with one attached hydrogen (secondary N) is 1. The summed E-state index contributed by atoms with van der Waals surface area (Å²) >= 11 is 0. The highest BCUT2D eigenvalue weighted by Gasteiger charge is 2.70. The summed E-state index contributed by atoms with van der Waals surface area (Å²) in [5, 5.41) is 31.9. The summed E-state index contributed by atoms with van der Waals surface area (Å²) in [6.07, 6.45) is 8.62. The lowest BCUT2D eigenvalue weighted by Crippen LogP contribution is -2.69. The molecule has 1 heterocycles. The van der Waals surface area contributed by atoms with Crippen LogP contribution in [0.1, 0.15) is 107 Å². The van der Waals surface area contributed by atoms with Gasteiger partial charge in [0.05, 0.1) is 31.3 Å². The van der Waals surface area contributed by atoms with Crippen molar-refractivity contribution in [3.63, 3.8) is 0 Å². The summed E-state index contributed by atoms with van der Waals surface area (Å²) in [4.78, 5) is 13.4. The minimum atomic E-state index is -0.676. The molecule has 0 aromatic carbocycles. The number of carboxylic acids is 1. The first-order chi connectivity index (χ1) is 22.8. The largest absolute Gasteiger partial charge is 0.481 e. The van der Waals surface area contributed by atoms with Gasteiger partial charge >= 0.3 is 5.97 Å². The number of hydrazine groups is 1. The molecular formula is C38H68N6O5. The first kappa shape index (κ1) is 38.3. The third kappa shape index (κ3) is 5.82. The molecule has 0 aromatic rings. The van der Waals surface area contributed by atoms with Gasteiger partial charge in [-0.05, 0) is 104 Å². The average molecular weight is 689 g/mol. The predicted octanol–water partition coefficient (Wildman–Crippen LogP) is 4.44. The van der Waals surface area contributed by atoms with Crippen molar-refractivity contribution in [2.45, 2.75) is 124 Å². The summed E-state index contributed by atoms with van der Waals surface area (Å²) in [5.41, 5.74) is 10.9. The number of hydrogen-bond acceptors (Lipinski definition) is 8. The molecule has 5 rings (SSSR count). The summed E-state index contributed by atoms with van der Waals surface area (Å²) in [6, 6.07) is -0.414. The van der Waals surface area contributed by atoms with Crippen molar-refractivity contribution in [2.75, 3.05) is 33.5 Å². The number of allylic oxidation sites excluding steroid dienone is 1. The molecule has 0 unspecified atom stereocenters. The molecule has 1 saturated heterocycles. The van der Waals surface area contributed by atoms with Crippen LogP contribution in [-0.2, 0) is 14.3 Å². The number of carbonyl (C=O) groups is 1. The fourth-order valence-electron chi connectivity index (χ4n) is 12.4. The van der Waals surface area contributed by atoms with E-state index in [1.165, 1.54) is 10.7 Å². The molecule has 11 nitrogen and oxygen atoms in total. The van der Waals surface area contributed by atoms with Crippen LogP contribution in [0.15, 0.2) is 16.8 Å². The van der Waals surface area contributed by atoms with Gasteiger partial charge in [-0.25, -0.2) is 11.0 Å². The highest BCUT2D eigenvalue weighted by Crippen LogP contribution is 2.74. The molecule has 0 radical (unpaired) electrons. The molecule has 9 N–H and O–H groups in total. The van der Waals surface area contributed by atoms with E-state index in [-0.39, 0.29) is 52.8 Å². The summed E-state index contributed by atoms with van der Waals surface area (Å²) in [5.74, 6) is 6.36. The molecule has 4 aliphatic carbocycles. The Morgan fingerprint density at radius 1 is 1.08 bits per heavy atom. The Morgan fingerprint density at radius 3 is 2.29 bits per heavy atom. The van der Waals surface area contributed by atoms with Gasteiger partial charge < -0.3 is 36.5 Å². The van der Waals surface area contributed by atoms with Gasteiger partial charge in [0.1, 0.15) is 0 Å². The average Bonchev–Trinajstić information content (AvgIpc) is 3.03. The molecule has 49 heavy (non-hydrogen) atoms. The van der Waals surface area contributed by atoms with Crippen LogP contribution in [0.5, 0.6) is 0 Å². The van der Waals surface area contributed by atoms with Gasteiger partial charge in [-0.2, -0.15) is 0 Å². The quantitative estimate of drug-likeness (QED) is 0.0631. The van der Waals surface area contributed by atoms with Gasteiger partial charge in [0.15, 0.2) is 0 Å². The van der Waals surface area contributed by atoms with Crippen molar-refractivity contribution in [2.24, 2.45) is 79.1 Å². The number of aliphatic carboxylic acids is 1. The normalized spacial score (nSPS) is 41.8. The van der Waals surface area contributed by atoms with E-state index in [4.69, 9.17) is 26.8 Å². The first-order valence-corrected chi connectivity index (χ1v) is 18.9. The van der Waals surface area contributed by atoms with Crippen molar-refractivity contribution < 1.29 is 24.5 Å². The molecule has 4 fully saturated rings. The van der Waals surface area contributed by atoms with E-state index in [0.717, 1.165) is 38.5 Å².